The van der Waals surface area contributed by atoms with Crippen LogP contribution in [-0.2, 0) is 4.43 Å². The van der Waals surface area contributed by atoms with Crippen molar-refractivity contribution in [3.05, 3.63) is 40.5 Å². The van der Waals surface area contributed by atoms with E-state index in [9.17, 15) is 4.79 Å². The van der Waals surface area contributed by atoms with Crippen LogP contribution in [0.25, 0.3) is 5.57 Å². The fourth-order valence-corrected chi connectivity index (χ4v) is 9.85. The second-order valence-corrected chi connectivity index (χ2v) is 18.8. The zero-order valence-electron chi connectivity index (χ0n) is 22.6. The van der Waals surface area contributed by atoms with E-state index < -0.39 is 8.32 Å². The molecule has 188 valence electrons. The lowest BCUT2D eigenvalue weighted by Crippen LogP contribution is -2.54. The van der Waals surface area contributed by atoms with Crippen molar-refractivity contribution < 1.29 is 8.84 Å². The normalized spacial score (nSPS) is 40.2. The van der Waals surface area contributed by atoms with Gasteiger partial charge in [-0.1, -0.05) is 40.7 Å². The Morgan fingerprint density at radius 3 is 2.47 bits per heavy atom. The Bertz CT molecular complexity index is 996. The van der Waals surface area contributed by atoms with Crippen LogP contribution in [0.3, 0.4) is 0 Å². The summed E-state index contributed by atoms with van der Waals surface area (Å²) in [5.41, 5.74) is 2.98. The Morgan fingerprint density at radius 2 is 1.79 bits per heavy atom. The first-order valence-corrected chi connectivity index (χ1v) is 16.7. The summed E-state index contributed by atoms with van der Waals surface area (Å²) in [6, 6.07) is 3.55. The Labute approximate surface area is 207 Å². The molecular weight excluding hydrogens is 436 g/mol. The van der Waals surface area contributed by atoms with Crippen LogP contribution in [0.5, 0.6) is 0 Å². The van der Waals surface area contributed by atoms with Crippen molar-refractivity contribution in [2.75, 3.05) is 0 Å². The van der Waals surface area contributed by atoms with Gasteiger partial charge in [-0.15, -0.1) is 0 Å². The van der Waals surface area contributed by atoms with Crippen molar-refractivity contribution >= 4 is 13.9 Å². The molecule has 34 heavy (non-hydrogen) atoms. The molecule has 1 aromatic heterocycles. The highest BCUT2D eigenvalue weighted by Gasteiger charge is 2.59. The molecule has 1 aromatic rings. The van der Waals surface area contributed by atoms with Crippen LogP contribution < -0.4 is 5.63 Å². The number of fused-ring (bicyclic) bond motifs is 5. The van der Waals surface area contributed by atoms with Crippen molar-refractivity contribution in [2.24, 2.45) is 34.5 Å². The molecule has 0 unspecified atom stereocenters. The first-order chi connectivity index (χ1) is 15.8. The lowest BCUT2D eigenvalue weighted by molar-refractivity contribution is -0.113. The molecule has 5 rings (SSSR count). The molecule has 3 nitrogen and oxygen atoms in total. The molecule has 1 heterocycles. The molecule has 3 saturated carbocycles. The summed E-state index contributed by atoms with van der Waals surface area (Å²) in [6.07, 6.45) is 15.0. The van der Waals surface area contributed by atoms with Gasteiger partial charge in [-0.25, -0.2) is 4.79 Å². The molecule has 0 aromatic carbocycles. The standard InChI is InChI=1S/C30H46O3Si/c1-28(2,3)34(6,7)33-22-14-16-29(4)21(18-22)9-10-23-25-12-11-24(20-8-13-27(31)32-19-20)30(25,5)17-15-26(23)29/h8,11,13,19,21-23,25-26H,9-10,12,14-18H2,1-7H3/t21-,22-,23+,25+,26+,29+,30-/m1/s1. The Kier molecular flexibility index (Phi) is 5.92. The first kappa shape index (κ1) is 24.6. The molecule has 0 spiro atoms. The van der Waals surface area contributed by atoms with Crippen LogP contribution in [0, 0.1) is 34.5 Å². The SMILES string of the molecule is CC(C)(C)[Si](C)(C)O[C@@H]1CC[C@@]2(C)[C@H](CC[C@@H]3[C@@H]2CC[C@]2(C)C(c4ccc(=O)oc4)=CC[C@@H]32)C1. The lowest BCUT2D eigenvalue weighted by Gasteiger charge is -2.61. The van der Waals surface area contributed by atoms with Gasteiger partial charge in [0.1, 0.15) is 6.26 Å². The van der Waals surface area contributed by atoms with Crippen LogP contribution in [0.2, 0.25) is 18.1 Å². The van der Waals surface area contributed by atoms with Crippen LogP contribution in [-0.4, -0.2) is 14.4 Å². The topological polar surface area (TPSA) is 39.4 Å². The summed E-state index contributed by atoms with van der Waals surface area (Å²) >= 11 is 0. The first-order valence-electron chi connectivity index (χ1n) is 13.8. The highest BCUT2D eigenvalue weighted by Crippen LogP contribution is 2.67. The van der Waals surface area contributed by atoms with Crippen molar-refractivity contribution in [3.8, 4) is 0 Å². The zero-order valence-corrected chi connectivity index (χ0v) is 23.6. The lowest BCUT2D eigenvalue weighted by atomic mass is 9.44. The number of hydrogen-bond acceptors (Lipinski definition) is 3. The summed E-state index contributed by atoms with van der Waals surface area (Å²) in [6.45, 7) is 17.1. The molecule has 4 aliphatic carbocycles. The average Bonchev–Trinajstić information content (AvgIpc) is 3.11. The summed E-state index contributed by atoms with van der Waals surface area (Å²) in [5.74, 6) is 3.22. The third kappa shape index (κ3) is 3.82. The van der Waals surface area contributed by atoms with Gasteiger partial charge in [-0.3, -0.25) is 0 Å². The van der Waals surface area contributed by atoms with Crippen LogP contribution in [0.1, 0.15) is 91.5 Å². The maximum Gasteiger partial charge on any atom is 0.335 e. The third-order valence-electron chi connectivity index (χ3n) is 11.5. The fraction of sp³-hybridized carbons (Fsp3) is 0.767. The molecule has 3 fully saturated rings. The van der Waals surface area contributed by atoms with E-state index in [0.717, 1.165) is 29.2 Å². The van der Waals surface area contributed by atoms with Gasteiger partial charge in [0.05, 0.1) is 0 Å². The van der Waals surface area contributed by atoms with Gasteiger partial charge < -0.3 is 8.84 Å². The molecule has 4 aliphatic rings. The van der Waals surface area contributed by atoms with E-state index in [4.69, 9.17) is 8.84 Å². The Morgan fingerprint density at radius 1 is 1.03 bits per heavy atom. The molecule has 0 radical (unpaired) electrons. The minimum absolute atomic E-state index is 0.215. The predicted octanol–water partition coefficient (Wildman–Crippen LogP) is 8.07. The van der Waals surface area contributed by atoms with E-state index in [1.807, 2.05) is 6.07 Å². The molecular formula is C30H46O3Si. The number of hydrogen-bond donors (Lipinski definition) is 0. The maximum atomic E-state index is 11.5. The van der Waals surface area contributed by atoms with Gasteiger partial charge in [-0.2, -0.15) is 0 Å². The summed E-state index contributed by atoms with van der Waals surface area (Å²) in [7, 11) is -1.71. The average molecular weight is 483 g/mol. The molecule has 4 heteroatoms. The van der Waals surface area contributed by atoms with E-state index in [0.29, 0.717) is 11.5 Å². The Balaban J connectivity index is 1.32. The van der Waals surface area contributed by atoms with Crippen molar-refractivity contribution in [2.45, 2.75) is 110 Å². The molecule has 0 amide bonds. The van der Waals surface area contributed by atoms with Crippen LogP contribution in [0.4, 0.5) is 0 Å². The van der Waals surface area contributed by atoms with Crippen LogP contribution in [0.15, 0.2) is 33.7 Å². The van der Waals surface area contributed by atoms with E-state index in [2.05, 4.69) is 53.8 Å². The van der Waals surface area contributed by atoms with Gasteiger partial charge in [0.2, 0.25) is 0 Å². The second-order valence-electron chi connectivity index (χ2n) is 14.1. The Hall–Kier alpha value is -1.13. The van der Waals surface area contributed by atoms with Gasteiger partial charge in [0.25, 0.3) is 0 Å². The monoisotopic (exact) mass is 482 g/mol. The fourth-order valence-electron chi connectivity index (χ4n) is 8.45. The van der Waals surface area contributed by atoms with E-state index in [1.54, 1.807) is 12.3 Å². The summed E-state index contributed by atoms with van der Waals surface area (Å²) < 4.78 is 12.2. The molecule has 7 atom stereocenters. The molecule has 0 saturated heterocycles. The highest BCUT2D eigenvalue weighted by atomic mass is 28.4. The smallest absolute Gasteiger partial charge is 0.335 e. The summed E-state index contributed by atoms with van der Waals surface area (Å²) in [5, 5.41) is 0.285. The zero-order chi connectivity index (χ0) is 24.5. The van der Waals surface area contributed by atoms with Crippen molar-refractivity contribution in [1.82, 2.24) is 0 Å². The maximum absolute atomic E-state index is 11.5. The second kappa shape index (κ2) is 8.20. The van der Waals surface area contributed by atoms with Gasteiger partial charge in [0.15, 0.2) is 8.32 Å². The van der Waals surface area contributed by atoms with Gasteiger partial charge >= 0.3 is 5.63 Å². The minimum atomic E-state index is -1.71. The quantitative estimate of drug-likeness (QED) is 0.409. The van der Waals surface area contributed by atoms with Crippen LogP contribution >= 0.6 is 0 Å². The molecule has 0 bridgehead atoms. The molecule has 0 N–H and O–H groups in total. The minimum Gasteiger partial charge on any atom is -0.431 e. The third-order valence-corrected chi connectivity index (χ3v) is 16.0. The number of rotatable bonds is 3. The predicted molar refractivity (Wildman–Crippen MR) is 142 cm³/mol. The molecule has 0 aliphatic heterocycles. The van der Waals surface area contributed by atoms with Crippen molar-refractivity contribution in [1.29, 1.82) is 0 Å². The summed E-state index contributed by atoms with van der Waals surface area (Å²) in [4.78, 5) is 11.5. The van der Waals surface area contributed by atoms with E-state index in [-0.39, 0.29) is 16.1 Å². The van der Waals surface area contributed by atoms with Crippen molar-refractivity contribution in [3.63, 3.8) is 0 Å². The van der Waals surface area contributed by atoms with Gasteiger partial charge in [0, 0.05) is 17.7 Å². The highest BCUT2D eigenvalue weighted by molar-refractivity contribution is 6.74. The van der Waals surface area contributed by atoms with E-state index >= 15 is 0 Å². The largest absolute Gasteiger partial charge is 0.431 e. The number of allylic oxidation sites excluding steroid dienone is 2. The van der Waals surface area contributed by atoms with Gasteiger partial charge in [-0.05, 0) is 116 Å². The van der Waals surface area contributed by atoms with E-state index in [1.165, 1.54) is 56.9 Å².